The molecular weight excluding hydrogens is 352 g/mol. The maximum Gasteiger partial charge on any atom is 0.289 e. The monoisotopic (exact) mass is 374 g/mol. The summed E-state index contributed by atoms with van der Waals surface area (Å²) < 4.78 is 11.1. The van der Waals surface area contributed by atoms with E-state index in [0.29, 0.717) is 43.0 Å². The van der Waals surface area contributed by atoms with E-state index in [9.17, 15) is 10.1 Å². The molecule has 2 aromatic carbocycles. The predicted molar refractivity (Wildman–Crippen MR) is 106 cm³/mol. The number of likely N-dealkylation sites (tertiary alicyclic amines) is 1. The van der Waals surface area contributed by atoms with Gasteiger partial charge in [0.05, 0.1) is 18.6 Å². The molecule has 28 heavy (non-hydrogen) atoms. The zero-order valence-electron chi connectivity index (χ0n) is 16.1. The molecule has 1 aliphatic heterocycles. The highest BCUT2D eigenvalue weighted by molar-refractivity contribution is 5.99. The fraction of sp³-hybridized carbons (Fsp3) is 0.304. The summed E-state index contributed by atoms with van der Waals surface area (Å²) in [6, 6.07) is 17.9. The number of fused-ring (bicyclic) bond motifs is 1. The second kappa shape index (κ2) is 7.05. The molecule has 0 spiro atoms. The van der Waals surface area contributed by atoms with Crippen molar-refractivity contribution in [3.05, 3.63) is 65.4 Å². The number of benzene rings is 2. The van der Waals surface area contributed by atoms with Gasteiger partial charge in [0.15, 0.2) is 5.76 Å². The summed E-state index contributed by atoms with van der Waals surface area (Å²) in [5.41, 5.74) is 1.97. The van der Waals surface area contributed by atoms with Crippen LogP contribution < -0.4 is 4.74 Å². The molecule has 0 unspecified atom stereocenters. The first-order valence-corrected chi connectivity index (χ1v) is 9.41. The Morgan fingerprint density at radius 3 is 2.54 bits per heavy atom. The molecule has 1 aromatic heterocycles. The van der Waals surface area contributed by atoms with Crippen molar-refractivity contribution < 1.29 is 13.9 Å². The second-order valence-corrected chi connectivity index (χ2v) is 7.27. The third-order valence-corrected chi connectivity index (χ3v) is 5.78. The summed E-state index contributed by atoms with van der Waals surface area (Å²) in [5, 5.41) is 10.8. The van der Waals surface area contributed by atoms with Crippen LogP contribution in [0.1, 0.15) is 34.5 Å². The molecule has 0 aliphatic carbocycles. The molecule has 3 aromatic rings. The van der Waals surface area contributed by atoms with Gasteiger partial charge in [-0.2, -0.15) is 5.26 Å². The number of carbonyl (C=O) groups excluding carboxylic acids is 1. The number of methoxy groups -OCH3 is 1. The summed E-state index contributed by atoms with van der Waals surface area (Å²) in [7, 11) is 1.60. The Labute approximate surface area is 164 Å². The van der Waals surface area contributed by atoms with Gasteiger partial charge in [-0.15, -0.1) is 0 Å². The van der Waals surface area contributed by atoms with Crippen LogP contribution in [0.2, 0.25) is 0 Å². The molecule has 1 aliphatic rings. The van der Waals surface area contributed by atoms with Crippen LogP contribution in [0.3, 0.4) is 0 Å². The molecule has 1 saturated heterocycles. The highest BCUT2D eigenvalue weighted by Gasteiger charge is 2.38. The van der Waals surface area contributed by atoms with E-state index < -0.39 is 5.41 Å². The largest absolute Gasteiger partial charge is 0.497 e. The van der Waals surface area contributed by atoms with Gasteiger partial charge in [-0.1, -0.05) is 30.3 Å². The van der Waals surface area contributed by atoms with Gasteiger partial charge in [0.1, 0.15) is 11.3 Å². The SMILES string of the molecule is COc1ccc2c(C)c(C(=O)N3CCC(C#N)(c4ccccc4)CC3)oc2c1. The van der Waals surface area contributed by atoms with Crippen molar-refractivity contribution in [3.63, 3.8) is 0 Å². The molecule has 0 atom stereocenters. The van der Waals surface area contributed by atoms with Crippen LogP contribution in [0.4, 0.5) is 0 Å². The lowest BCUT2D eigenvalue weighted by atomic mass is 9.74. The first-order chi connectivity index (χ1) is 13.6. The molecule has 142 valence electrons. The van der Waals surface area contributed by atoms with E-state index in [1.54, 1.807) is 18.1 Å². The number of rotatable bonds is 3. The summed E-state index contributed by atoms with van der Waals surface area (Å²) in [4.78, 5) is 14.9. The zero-order chi connectivity index (χ0) is 19.7. The number of furan rings is 1. The summed E-state index contributed by atoms with van der Waals surface area (Å²) in [5.74, 6) is 0.944. The van der Waals surface area contributed by atoms with Crippen molar-refractivity contribution in [2.75, 3.05) is 20.2 Å². The fourth-order valence-electron chi connectivity index (χ4n) is 3.99. The normalized spacial score (nSPS) is 16.0. The number of aryl methyl sites for hydroxylation is 1. The second-order valence-electron chi connectivity index (χ2n) is 7.27. The highest BCUT2D eigenvalue weighted by Crippen LogP contribution is 2.36. The van der Waals surface area contributed by atoms with Gasteiger partial charge in [0.2, 0.25) is 0 Å². The molecule has 1 amide bonds. The molecule has 0 bridgehead atoms. The van der Waals surface area contributed by atoms with Crippen LogP contribution in [0.15, 0.2) is 52.9 Å². The van der Waals surface area contributed by atoms with Gasteiger partial charge in [-0.25, -0.2) is 0 Å². The maximum absolute atomic E-state index is 13.1. The highest BCUT2D eigenvalue weighted by atomic mass is 16.5. The molecule has 0 radical (unpaired) electrons. The molecule has 2 heterocycles. The van der Waals surface area contributed by atoms with E-state index in [2.05, 4.69) is 6.07 Å². The Bertz CT molecular complexity index is 1050. The minimum absolute atomic E-state index is 0.118. The number of nitriles is 1. The Balaban J connectivity index is 1.57. The van der Waals surface area contributed by atoms with Crippen LogP contribution in [-0.2, 0) is 5.41 Å². The van der Waals surface area contributed by atoms with Crippen LogP contribution in [0.5, 0.6) is 5.75 Å². The lowest BCUT2D eigenvalue weighted by Crippen LogP contribution is -2.44. The minimum Gasteiger partial charge on any atom is -0.497 e. The predicted octanol–water partition coefficient (Wildman–Crippen LogP) is 4.45. The Kier molecular flexibility index (Phi) is 4.56. The van der Waals surface area contributed by atoms with Gasteiger partial charge in [0.25, 0.3) is 5.91 Å². The first-order valence-electron chi connectivity index (χ1n) is 9.41. The van der Waals surface area contributed by atoms with Crippen LogP contribution >= 0.6 is 0 Å². The van der Waals surface area contributed by atoms with Crippen LogP contribution in [0.25, 0.3) is 11.0 Å². The van der Waals surface area contributed by atoms with E-state index in [0.717, 1.165) is 16.5 Å². The Morgan fingerprint density at radius 2 is 1.89 bits per heavy atom. The summed E-state index contributed by atoms with van der Waals surface area (Å²) >= 11 is 0. The summed E-state index contributed by atoms with van der Waals surface area (Å²) in [6.45, 7) is 2.96. The average molecular weight is 374 g/mol. The van der Waals surface area contributed by atoms with Crippen molar-refractivity contribution in [2.24, 2.45) is 0 Å². The van der Waals surface area contributed by atoms with E-state index >= 15 is 0 Å². The number of piperidine rings is 1. The topological polar surface area (TPSA) is 66.5 Å². The van der Waals surface area contributed by atoms with Gasteiger partial charge < -0.3 is 14.1 Å². The Hall–Kier alpha value is -3.26. The maximum atomic E-state index is 13.1. The van der Waals surface area contributed by atoms with Crippen molar-refractivity contribution in [1.29, 1.82) is 5.26 Å². The van der Waals surface area contributed by atoms with Crippen LogP contribution in [-0.4, -0.2) is 31.0 Å². The number of amides is 1. The number of hydrogen-bond acceptors (Lipinski definition) is 4. The standard InChI is InChI=1S/C23H22N2O3/c1-16-19-9-8-18(27-2)14-20(19)28-21(16)22(26)25-12-10-23(15-24,11-13-25)17-6-4-3-5-7-17/h3-9,14H,10-13H2,1-2H3. The van der Waals surface area contributed by atoms with Gasteiger partial charge >= 0.3 is 0 Å². The van der Waals surface area contributed by atoms with Crippen molar-refractivity contribution in [3.8, 4) is 11.8 Å². The summed E-state index contributed by atoms with van der Waals surface area (Å²) in [6.07, 6.45) is 1.23. The van der Waals surface area contributed by atoms with Crippen molar-refractivity contribution in [2.45, 2.75) is 25.2 Å². The molecule has 0 N–H and O–H groups in total. The molecule has 5 heteroatoms. The van der Waals surface area contributed by atoms with Crippen molar-refractivity contribution >= 4 is 16.9 Å². The lowest BCUT2D eigenvalue weighted by molar-refractivity contribution is 0.0661. The average Bonchev–Trinajstić information content (AvgIpc) is 3.09. The Morgan fingerprint density at radius 1 is 1.18 bits per heavy atom. The molecule has 4 rings (SSSR count). The van der Waals surface area contributed by atoms with Crippen molar-refractivity contribution in [1.82, 2.24) is 4.90 Å². The minimum atomic E-state index is -0.533. The van der Waals surface area contributed by atoms with Crippen LogP contribution in [0, 0.1) is 18.3 Å². The molecule has 5 nitrogen and oxygen atoms in total. The number of nitrogens with zero attached hydrogens (tertiary/aromatic N) is 2. The van der Waals surface area contributed by atoms with E-state index in [-0.39, 0.29) is 5.91 Å². The third kappa shape index (κ3) is 2.91. The first kappa shape index (κ1) is 18.1. The van der Waals surface area contributed by atoms with Gasteiger partial charge in [-0.05, 0) is 37.5 Å². The number of ether oxygens (including phenoxy) is 1. The van der Waals surface area contributed by atoms with Gasteiger partial charge in [0, 0.05) is 30.1 Å². The lowest BCUT2D eigenvalue weighted by Gasteiger charge is -2.37. The zero-order valence-corrected chi connectivity index (χ0v) is 16.1. The molecule has 0 saturated carbocycles. The third-order valence-electron chi connectivity index (χ3n) is 5.78. The quantitative estimate of drug-likeness (QED) is 0.679. The smallest absolute Gasteiger partial charge is 0.289 e. The molecule has 1 fully saturated rings. The van der Waals surface area contributed by atoms with E-state index in [4.69, 9.17) is 9.15 Å². The van der Waals surface area contributed by atoms with E-state index in [1.165, 1.54) is 0 Å². The molecular formula is C23H22N2O3. The van der Waals surface area contributed by atoms with Gasteiger partial charge in [-0.3, -0.25) is 4.79 Å². The number of carbonyl (C=O) groups is 1. The number of hydrogen-bond donors (Lipinski definition) is 0. The fourth-order valence-corrected chi connectivity index (χ4v) is 3.99. The van der Waals surface area contributed by atoms with E-state index in [1.807, 2.05) is 49.4 Å².